The van der Waals surface area contributed by atoms with E-state index in [9.17, 15) is 18.0 Å². The summed E-state index contributed by atoms with van der Waals surface area (Å²) in [5.74, 6) is 0. The van der Waals surface area contributed by atoms with Gasteiger partial charge in [0.2, 0.25) is 0 Å². The van der Waals surface area contributed by atoms with Gasteiger partial charge in [-0.25, -0.2) is 4.79 Å². The van der Waals surface area contributed by atoms with Crippen LogP contribution >= 0.6 is 11.6 Å². The van der Waals surface area contributed by atoms with Crippen LogP contribution in [-0.2, 0) is 13.2 Å². The number of anilines is 1. The molecule has 0 aliphatic heterocycles. The Morgan fingerprint density at radius 2 is 2.05 bits per heavy atom. The number of nitrogens with one attached hydrogen (secondary N) is 1. The SMILES string of the molecule is CCCCN(CC)C(=O)Nc1c(Cl)nn(C)c1C(F)(F)F. The highest BCUT2D eigenvalue weighted by Crippen LogP contribution is 2.38. The quantitative estimate of drug-likeness (QED) is 0.896. The molecule has 1 N–H and O–H groups in total. The van der Waals surface area contributed by atoms with E-state index < -0.39 is 23.6 Å². The fourth-order valence-corrected chi connectivity index (χ4v) is 2.12. The molecule has 1 aromatic rings. The fraction of sp³-hybridized carbons (Fsp3) is 0.667. The van der Waals surface area contributed by atoms with Crippen molar-refractivity contribution >= 4 is 23.3 Å². The van der Waals surface area contributed by atoms with Crippen molar-refractivity contribution in [3.63, 3.8) is 0 Å². The van der Waals surface area contributed by atoms with Crippen molar-refractivity contribution in [2.24, 2.45) is 7.05 Å². The van der Waals surface area contributed by atoms with Crippen molar-refractivity contribution in [2.75, 3.05) is 18.4 Å². The van der Waals surface area contributed by atoms with Crippen molar-refractivity contribution in [3.05, 3.63) is 10.8 Å². The van der Waals surface area contributed by atoms with Crippen molar-refractivity contribution < 1.29 is 18.0 Å². The van der Waals surface area contributed by atoms with Gasteiger partial charge in [0.15, 0.2) is 10.8 Å². The number of amides is 2. The molecule has 1 aromatic heterocycles. The first-order chi connectivity index (χ1) is 9.72. The highest BCUT2D eigenvalue weighted by molar-refractivity contribution is 6.32. The largest absolute Gasteiger partial charge is 0.435 e. The number of hydrogen-bond donors (Lipinski definition) is 1. The van der Waals surface area contributed by atoms with E-state index in [2.05, 4.69) is 10.4 Å². The molecule has 0 bridgehead atoms. The summed E-state index contributed by atoms with van der Waals surface area (Å²) in [5, 5.41) is 5.34. The van der Waals surface area contributed by atoms with Gasteiger partial charge in [0.25, 0.3) is 0 Å². The number of rotatable bonds is 5. The molecule has 0 aliphatic carbocycles. The predicted octanol–water partition coefficient (Wildman–Crippen LogP) is 3.75. The van der Waals surface area contributed by atoms with Crippen LogP contribution in [0.1, 0.15) is 32.4 Å². The van der Waals surface area contributed by atoms with Crippen LogP contribution in [0.2, 0.25) is 5.15 Å². The number of carbonyl (C=O) groups excluding carboxylic acids is 1. The molecular weight excluding hydrogens is 309 g/mol. The smallest absolute Gasteiger partial charge is 0.325 e. The summed E-state index contributed by atoms with van der Waals surface area (Å²) in [4.78, 5) is 13.5. The molecule has 0 atom stereocenters. The molecule has 1 heterocycles. The van der Waals surface area contributed by atoms with Crippen molar-refractivity contribution in [1.29, 1.82) is 0 Å². The van der Waals surface area contributed by atoms with Crippen LogP contribution in [0, 0.1) is 0 Å². The van der Waals surface area contributed by atoms with Crippen LogP contribution in [0.4, 0.5) is 23.7 Å². The van der Waals surface area contributed by atoms with Gasteiger partial charge in [0.05, 0.1) is 0 Å². The molecule has 0 saturated carbocycles. The minimum Gasteiger partial charge on any atom is -0.325 e. The van der Waals surface area contributed by atoms with Gasteiger partial charge in [-0.1, -0.05) is 24.9 Å². The third kappa shape index (κ3) is 4.26. The summed E-state index contributed by atoms with van der Waals surface area (Å²) < 4.78 is 39.5. The van der Waals surface area contributed by atoms with Crippen LogP contribution in [0.25, 0.3) is 0 Å². The van der Waals surface area contributed by atoms with Crippen molar-refractivity contribution in [2.45, 2.75) is 32.9 Å². The second-order valence-corrected chi connectivity index (χ2v) is 4.86. The van der Waals surface area contributed by atoms with E-state index in [-0.39, 0.29) is 5.15 Å². The zero-order valence-electron chi connectivity index (χ0n) is 12.1. The molecule has 2 amide bonds. The Morgan fingerprint density at radius 3 is 2.52 bits per heavy atom. The van der Waals surface area contributed by atoms with Gasteiger partial charge in [0.1, 0.15) is 5.69 Å². The van der Waals surface area contributed by atoms with E-state index in [4.69, 9.17) is 11.6 Å². The summed E-state index contributed by atoms with van der Waals surface area (Å²) in [6, 6.07) is -0.619. The van der Waals surface area contributed by atoms with Gasteiger partial charge < -0.3 is 10.2 Å². The summed E-state index contributed by atoms with van der Waals surface area (Å²) in [7, 11) is 1.12. The van der Waals surface area contributed by atoms with Gasteiger partial charge in [-0.3, -0.25) is 4.68 Å². The Morgan fingerprint density at radius 1 is 1.43 bits per heavy atom. The van der Waals surface area contributed by atoms with Crippen LogP contribution in [-0.4, -0.2) is 33.8 Å². The van der Waals surface area contributed by atoms with E-state index in [1.54, 1.807) is 6.92 Å². The molecule has 0 aromatic carbocycles. The standard InChI is InChI=1S/C12H18ClF3N4O/c1-4-6-7-20(5-2)11(21)17-8-9(12(14,15)16)19(3)18-10(8)13/h4-7H2,1-3H3,(H,17,21). The lowest BCUT2D eigenvalue weighted by Crippen LogP contribution is -2.36. The zero-order chi connectivity index (χ0) is 16.2. The Labute approximate surface area is 126 Å². The summed E-state index contributed by atoms with van der Waals surface area (Å²) >= 11 is 5.69. The van der Waals surface area contributed by atoms with Gasteiger partial charge in [-0.05, 0) is 13.3 Å². The fourth-order valence-electron chi connectivity index (χ4n) is 1.87. The average molecular weight is 327 g/mol. The zero-order valence-corrected chi connectivity index (χ0v) is 12.8. The van der Waals surface area contributed by atoms with Gasteiger partial charge in [0, 0.05) is 20.1 Å². The Bertz CT molecular complexity index is 501. The maximum absolute atomic E-state index is 13.0. The molecule has 5 nitrogen and oxygen atoms in total. The second kappa shape index (κ2) is 7.02. The van der Waals surface area contributed by atoms with Crippen LogP contribution in [0.3, 0.4) is 0 Å². The van der Waals surface area contributed by atoms with E-state index >= 15 is 0 Å². The molecule has 9 heteroatoms. The van der Waals surface area contributed by atoms with Crippen LogP contribution in [0.15, 0.2) is 0 Å². The average Bonchev–Trinajstić information content (AvgIpc) is 2.64. The van der Waals surface area contributed by atoms with Crippen LogP contribution < -0.4 is 5.32 Å². The maximum atomic E-state index is 13.0. The van der Waals surface area contributed by atoms with Gasteiger partial charge in [-0.15, -0.1) is 0 Å². The number of aromatic nitrogens is 2. The van der Waals surface area contributed by atoms with E-state index in [0.717, 1.165) is 19.9 Å². The summed E-state index contributed by atoms with van der Waals surface area (Å²) in [6.45, 7) is 4.58. The summed E-state index contributed by atoms with van der Waals surface area (Å²) in [5.41, 5.74) is -1.58. The molecule has 21 heavy (non-hydrogen) atoms. The predicted molar refractivity (Wildman–Crippen MR) is 74.4 cm³/mol. The third-order valence-electron chi connectivity index (χ3n) is 2.96. The molecule has 1 rings (SSSR count). The highest BCUT2D eigenvalue weighted by Gasteiger charge is 2.40. The number of halogens is 4. The van der Waals surface area contributed by atoms with Crippen molar-refractivity contribution in [1.82, 2.24) is 14.7 Å². The Hall–Kier alpha value is -1.44. The third-order valence-corrected chi connectivity index (χ3v) is 3.22. The number of carbonyl (C=O) groups is 1. The number of unbranched alkanes of at least 4 members (excludes halogenated alkanes) is 1. The highest BCUT2D eigenvalue weighted by atomic mass is 35.5. The Kier molecular flexibility index (Phi) is 5.88. The molecular formula is C12H18ClF3N4O. The van der Waals surface area contributed by atoms with E-state index in [0.29, 0.717) is 17.8 Å². The van der Waals surface area contributed by atoms with E-state index in [1.807, 2.05) is 6.92 Å². The lowest BCUT2D eigenvalue weighted by atomic mass is 10.3. The lowest BCUT2D eigenvalue weighted by Gasteiger charge is -2.21. The second-order valence-electron chi connectivity index (χ2n) is 4.50. The normalized spacial score (nSPS) is 11.6. The minimum atomic E-state index is -4.65. The van der Waals surface area contributed by atoms with E-state index in [1.165, 1.54) is 4.90 Å². The lowest BCUT2D eigenvalue weighted by molar-refractivity contribution is -0.143. The number of hydrogen-bond acceptors (Lipinski definition) is 2. The number of nitrogens with zero attached hydrogens (tertiary/aromatic N) is 3. The molecule has 120 valence electrons. The molecule has 0 fully saturated rings. The van der Waals surface area contributed by atoms with Gasteiger partial charge in [-0.2, -0.15) is 18.3 Å². The molecule has 0 aliphatic rings. The molecule has 0 unspecified atom stereocenters. The topological polar surface area (TPSA) is 50.2 Å². The number of urea groups is 1. The van der Waals surface area contributed by atoms with Gasteiger partial charge >= 0.3 is 12.2 Å². The first kappa shape index (κ1) is 17.6. The van der Waals surface area contributed by atoms with Crippen molar-refractivity contribution in [3.8, 4) is 0 Å². The Balaban J connectivity index is 2.99. The molecule has 0 saturated heterocycles. The summed E-state index contributed by atoms with van der Waals surface area (Å²) in [6.07, 6.45) is -3.00. The minimum absolute atomic E-state index is 0.385. The first-order valence-electron chi connectivity index (χ1n) is 6.57. The molecule has 0 radical (unpaired) electrons. The maximum Gasteiger partial charge on any atom is 0.435 e. The first-order valence-corrected chi connectivity index (χ1v) is 6.95. The van der Waals surface area contributed by atoms with Crippen LogP contribution in [0.5, 0.6) is 0 Å². The number of aryl methyl sites for hydroxylation is 1. The number of alkyl halides is 3. The monoisotopic (exact) mass is 326 g/mol. The molecule has 0 spiro atoms.